The van der Waals surface area contributed by atoms with Gasteiger partial charge >= 0.3 is 5.63 Å². The largest absolute Gasteiger partial charge is 0.493 e. The van der Waals surface area contributed by atoms with Gasteiger partial charge < -0.3 is 9.15 Å². The van der Waals surface area contributed by atoms with E-state index in [4.69, 9.17) is 9.15 Å². The first-order valence-electron chi connectivity index (χ1n) is 11.0. The monoisotopic (exact) mass is 443 g/mol. The first-order chi connectivity index (χ1) is 14.6. The maximum absolute atomic E-state index is 11.9. The van der Waals surface area contributed by atoms with Gasteiger partial charge in [0.05, 0.1) is 6.61 Å². The summed E-state index contributed by atoms with van der Waals surface area (Å²) in [6.45, 7) is 9.90. The lowest BCUT2D eigenvalue weighted by molar-refractivity contribution is 0.267. The molecule has 0 spiro atoms. The topological polar surface area (TPSA) is 42.7 Å². The third kappa shape index (κ3) is 7.12. The van der Waals surface area contributed by atoms with Crippen molar-refractivity contribution in [2.24, 2.45) is 0 Å². The minimum Gasteiger partial charge on any atom is -0.493 e. The quantitative estimate of drug-likeness (QED) is 0.258. The molecular weight excluding hydrogens is 410 g/mol. The second-order valence-corrected chi connectivity index (χ2v) is 7.91. The molecule has 0 fully saturated rings. The molecular formula is C26H34ClNO3. The summed E-state index contributed by atoms with van der Waals surface area (Å²) in [5, 5.41) is 0.968. The molecule has 0 N–H and O–H groups in total. The molecule has 31 heavy (non-hydrogen) atoms. The molecule has 0 bridgehead atoms. The van der Waals surface area contributed by atoms with E-state index in [0.29, 0.717) is 17.8 Å². The average molecular weight is 444 g/mol. The summed E-state index contributed by atoms with van der Waals surface area (Å²) in [6, 6.07) is 16.4. The first-order valence-corrected chi connectivity index (χ1v) is 11.0. The molecule has 0 aliphatic rings. The van der Waals surface area contributed by atoms with Gasteiger partial charge in [-0.05, 0) is 63.0 Å². The summed E-state index contributed by atoms with van der Waals surface area (Å²) in [4.78, 5) is 14.4. The van der Waals surface area contributed by atoms with Crippen LogP contribution < -0.4 is 10.4 Å². The number of hydrogen-bond donors (Lipinski definition) is 0. The van der Waals surface area contributed by atoms with Crippen molar-refractivity contribution < 1.29 is 9.15 Å². The second-order valence-electron chi connectivity index (χ2n) is 7.91. The smallest absolute Gasteiger partial charge is 0.339 e. The van der Waals surface area contributed by atoms with Crippen LogP contribution in [0.2, 0.25) is 0 Å². The van der Waals surface area contributed by atoms with E-state index in [2.05, 4.69) is 42.2 Å². The average Bonchev–Trinajstić information content (AvgIpc) is 2.76. The van der Waals surface area contributed by atoms with Crippen LogP contribution in [0.25, 0.3) is 11.0 Å². The SMILES string of the molecule is CCN(CCCCCCOc1ccc2c(C)c(C)c(=O)oc2c1)Cc1ccccc1.Cl. The number of unbranched alkanes of at least 4 members (excludes halogenated alkanes) is 3. The van der Waals surface area contributed by atoms with Gasteiger partial charge in [-0.2, -0.15) is 0 Å². The molecule has 0 unspecified atom stereocenters. The number of benzene rings is 2. The van der Waals surface area contributed by atoms with Crippen LogP contribution in [-0.2, 0) is 6.54 Å². The number of ether oxygens (including phenoxy) is 1. The molecule has 0 aliphatic carbocycles. The molecule has 3 aromatic rings. The van der Waals surface area contributed by atoms with Crippen LogP contribution in [0, 0.1) is 13.8 Å². The van der Waals surface area contributed by atoms with E-state index in [1.54, 1.807) is 6.92 Å². The molecule has 168 valence electrons. The highest BCUT2D eigenvalue weighted by Crippen LogP contribution is 2.24. The molecule has 3 rings (SSSR count). The van der Waals surface area contributed by atoms with Gasteiger partial charge in [0.2, 0.25) is 0 Å². The number of rotatable bonds is 11. The van der Waals surface area contributed by atoms with Gasteiger partial charge in [0, 0.05) is 23.6 Å². The van der Waals surface area contributed by atoms with E-state index in [0.717, 1.165) is 49.2 Å². The van der Waals surface area contributed by atoms with Gasteiger partial charge in [-0.1, -0.05) is 50.1 Å². The molecule has 0 atom stereocenters. The Morgan fingerprint density at radius 3 is 2.42 bits per heavy atom. The fourth-order valence-corrected chi connectivity index (χ4v) is 3.69. The van der Waals surface area contributed by atoms with E-state index >= 15 is 0 Å². The lowest BCUT2D eigenvalue weighted by Gasteiger charge is -2.20. The van der Waals surface area contributed by atoms with Gasteiger partial charge in [-0.15, -0.1) is 12.4 Å². The maximum Gasteiger partial charge on any atom is 0.339 e. The molecule has 0 saturated carbocycles. The normalized spacial score (nSPS) is 11.0. The van der Waals surface area contributed by atoms with Gasteiger partial charge in [-0.25, -0.2) is 4.79 Å². The Kier molecular flexibility index (Phi) is 10.1. The third-order valence-corrected chi connectivity index (χ3v) is 5.76. The molecule has 0 radical (unpaired) electrons. The zero-order valence-electron chi connectivity index (χ0n) is 18.9. The van der Waals surface area contributed by atoms with Gasteiger partial charge in [0.15, 0.2) is 0 Å². The molecule has 1 heterocycles. The number of nitrogens with zero attached hydrogens (tertiary/aromatic N) is 1. The van der Waals surface area contributed by atoms with Gasteiger partial charge in [-0.3, -0.25) is 4.90 Å². The predicted molar refractivity (Wildman–Crippen MR) is 131 cm³/mol. The van der Waals surface area contributed by atoms with Crippen molar-refractivity contribution in [2.75, 3.05) is 19.7 Å². The van der Waals surface area contributed by atoms with Crippen LogP contribution in [0.3, 0.4) is 0 Å². The van der Waals surface area contributed by atoms with Crippen LogP contribution in [0.15, 0.2) is 57.7 Å². The summed E-state index contributed by atoms with van der Waals surface area (Å²) in [7, 11) is 0. The molecule has 0 aliphatic heterocycles. The van der Waals surface area contributed by atoms with E-state index in [9.17, 15) is 4.79 Å². The van der Waals surface area contributed by atoms with Crippen molar-refractivity contribution in [2.45, 2.75) is 53.0 Å². The molecule has 5 heteroatoms. The standard InChI is InChI=1S/C26H33NO3.ClH/c1-4-27(19-22-12-8-7-9-13-22)16-10-5-6-11-17-29-23-14-15-24-20(2)21(3)26(28)30-25(24)18-23;/h7-9,12-15,18H,4-6,10-11,16-17,19H2,1-3H3;1H. The van der Waals surface area contributed by atoms with Crippen LogP contribution in [-0.4, -0.2) is 24.6 Å². The zero-order valence-corrected chi connectivity index (χ0v) is 19.7. The number of aryl methyl sites for hydroxylation is 1. The predicted octanol–water partition coefficient (Wildman–Crippen LogP) is 6.29. The van der Waals surface area contributed by atoms with Crippen molar-refractivity contribution in [1.29, 1.82) is 0 Å². The molecule has 0 amide bonds. The summed E-state index contributed by atoms with van der Waals surface area (Å²) < 4.78 is 11.3. The van der Waals surface area contributed by atoms with Crippen LogP contribution in [0.1, 0.15) is 49.3 Å². The molecule has 0 saturated heterocycles. The number of fused-ring (bicyclic) bond motifs is 1. The third-order valence-electron chi connectivity index (χ3n) is 5.76. The first kappa shape index (κ1) is 25.0. The van der Waals surface area contributed by atoms with E-state index < -0.39 is 0 Å². The number of halogens is 1. The van der Waals surface area contributed by atoms with Crippen LogP contribution in [0.4, 0.5) is 0 Å². The van der Waals surface area contributed by atoms with Crippen molar-refractivity contribution in [3.8, 4) is 5.75 Å². The minimum absolute atomic E-state index is 0. The highest BCUT2D eigenvalue weighted by Gasteiger charge is 2.08. The molecule has 2 aromatic carbocycles. The van der Waals surface area contributed by atoms with E-state index in [-0.39, 0.29) is 18.0 Å². The fourth-order valence-electron chi connectivity index (χ4n) is 3.69. The number of hydrogen-bond acceptors (Lipinski definition) is 4. The van der Waals surface area contributed by atoms with Crippen molar-refractivity contribution >= 4 is 23.4 Å². The Morgan fingerprint density at radius 2 is 1.68 bits per heavy atom. The molecule has 4 nitrogen and oxygen atoms in total. The van der Waals surface area contributed by atoms with Crippen LogP contribution >= 0.6 is 12.4 Å². The molecule has 1 aromatic heterocycles. The fraction of sp³-hybridized carbons (Fsp3) is 0.423. The summed E-state index contributed by atoms with van der Waals surface area (Å²) >= 11 is 0. The lowest BCUT2D eigenvalue weighted by Crippen LogP contribution is -2.24. The van der Waals surface area contributed by atoms with Crippen molar-refractivity contribution in [3.05, 3.63) is 75.6 Å². The summed E-state index contributed by atoms with van der Waals surface area (Å²) in [5.41, 5.74) is 3.34. The van der Waals surface area contributed by atoms with Crippen molar-refractivity contribution in [3.63, 3.8) is 0 Å². The Bertz CT molecular complexity index is 1000. The summed E-state index contributed by atoms with van der Waals surface area (Å²) in [6.07, 6.45) is 4.60. The van der Waals surface area contributed by atoms with Gasteiger partial charge in [0.1, 0.15) is 11.3 Å². The highest BCUT2D eigenvalue weighted by atomic mass is 35.5. The minimum atomic E-state index is -0.273. The zero-order chi connectivity index (χ0) is 21.3. The highest BCUT2D eigenvalue weighted by molar-refractivity contribution is 5.85. The van der Waals surface area contributed by atoms with Crippen molar-refractivity contribution in [1.82, 2.24) is 4.90 Å². The van der Waals surface area contributed by atoms with E-state index in [1.807, 2.05) is 25.1 Å². The Hall–Kier alpha value is -2.30. The summed E-state index contributed by atoms with van der Waals surface area (Å²) in [5.74, 6) is 0.758. The second kappa shape index (κ2) is 12.5. The Labute approximate surface area is 191 Å². The van der Waals surface area contributed by atoms with Gasteiger partial charge in [0.25, 0.3) is 0 Å². The van der Waals surface area contributed by atoms with E-state index in [1.165, 1.54) is 18.4 Å². The Balaban J connectivity index is 0.00000341. The lowest BCUT2D eigenvalue weighted by atomic mass is 10.1. The van der Waals surface area contributed by atoms with Crippen LogP contribution in [0.5, 0.6) is 5.75 Å². The maximum atomic E-state index is 11.9. The Morgan fingerprint density at radius 1 is 0.935 bits per heavy atom.